The average molecular weight is 483 g/mol. The zero-order chi connectivity index (χ0) is 25.3. The zero-order valence-electron chi connectivity index (χ0n) is 19.4. The minimum atomic E-state index is -0.972. The Bertz CT molecular complexity index is 1360. The molecule has 182 valence electrons. The molecule has 0 radical (unpaired) electrons. The first-order valence-electron chi connectivity index (χ1n) is 10.6. The van der Waals surface area contributed by atoms with Gasteiger partial charge < -0.3 is 24.8 Å². The number of nitrogens with two attached hydrogens (primary N) is 1. The minimum absolute atomic E-state index is 0.123. The van der Waals surface area contributed by atoms with Crippen molar-refractivity contribution in [3.05, 3.63) is 47.8 Å². The fourth-order valence-electron chi connectivity index (χ4n) is 4.06. The molecule has 11 heteroatoms. The molecule has 0 bridgehead atoms. The molecule has 1 aromatic carbocycles. The summed E-state index contributed by atoms with van der Waals surface area (Å²) >= 11 is 0. The monoisotopic (exact) mass is 483 g/mol. The van der Waals surface area contributed by atoms with Gasteiger partial charge in [0.15, 0.2) is 28.9 Å². The van der Waals surface area contributed by atoms with E-state index in [1.165, 1.54) is 33.6 Å². The molecule has 9 nitrogen and oxygen atoms in total. The van der Waals surface area contributed by atoms with Crippen molar-refractivity contribution in [3.63, 3.8) is 0 Å². The van der Waals surface area contributed by atoms with Crippen LogP contribution in [-0.4, -0.2) is 60.0 Å². The molecule has 3 aromatic rings. The van der Waals surface area contributed by atoms with Crippen molar-refractivity contribution in [2.45, 2.75) is 12.5 Å². The van der Waals surface area contributed by atoms with Gasteiger partial charge in [-0.1, -0.05) is 12.5 Å². The molecule has 2 aromatic heterocycles. The van der Waals surface area contributed by atoms with Crippen LogP contribution < -0.4 is 19.9 Å². The predicted octanol–water partition coefficient (Wildman–Crippen LogP) is 2.68. The van der Waals surface area contributed by atoms with E-state index in [1.54, 1.807) is 9.58 Å². The Labute approximate surface area is 200 Å². The summed E-state index contributed by atoms with van der Waals surface area (Å²) in [4.78, 5) is 17.9. The third-order valence-corrected chi connectivity index (χ3v) is 5.82. The van der Waals surface area contributed by atoms with E-state index in [-0.39, 0.29) is 35.0 Å². The van der Waals surface area contributed by atoms with Crippen LogP contribution in [0.1, 0.15) is 23.7 Å². The van der Waals surface area contributed by atoms with Gasteiger partial charge in [0.1, 0.15) is 22.6 Å². The van der Waals surface area contributed by atoms with Gasteiger partial charge in [-0.15, -0.1) is 0 Å². The van der Waals surface area contributed by atoms with Crippen molar-refractivity contribution < 1.29 is 27.8 Å². The lowest BCUT2D eigenvalue weighted by Gasteiger charge is -2.16. The number of rotatable bonds is 5. The highest BCUT2D eigenvalue weighted by molar-refractivity contribution is 5.97. The predicted molar refractivity (Wildman–Crippen MR) is 124 cm³/mol. The Morgan fingerprint density at radius 2 is 1.83 bits per heavy atom. The van der Waals surface area contributed by atoms with E-state index in [0.29, 0.717) is 36.2 Å². The summed E-state index contributed by atoms with van der Waals surface area (Å²) in [5.74, 6) is 3.18. The maximum Gasteiger partial charge on any atom is 0.246 e. The lowest BCUT2D eigenvalue weighted by atomic mass is 10.1. The third-order valence-electron chi connectivity index (χ3n) is 5.82. The van der Waals surface area contributed by atoms with Crippen LogP contribution in [0.4, 0.5) is 14.6 Å². The number of hydrogen-bond donors (Lipinski definition) is 1. The van der Waals surface area contributed by atoms with Gasteiger partial charge in [0, 0.05) is 19.2 Å². The van der Waals surface area contributed by atoms with Gasteiger partial charge in [-0.2, -0.15) is 5.10 Å². The van der Waals surface area contributed by atoms with Gasteiger partial charge in [0.25, 0.3) is 0 Å². The first-order chi connectivity index (χ1) is 16.8. The number of pyridine rings is 1. The quantitative estimate of drug-likeness (QED) is 0.440. The molecule has 35 heavy (non-hydrogen) atoms. The van der Waals surface area contributed by atoms with Crippen LogP contribution >= 0.6 is 0 Å². The molecule has 2 N–H and O–H groups in total. The number of amides is 1. The highest BCUT2D eigenvalue weighted by Crippen LogP contribution is 2.35. The normalized spacial score (nSPS) is 15.0. The summed E-state index contributed by atoms with van der Waals surface area (Å²) in [6.45, 7) is 4.43. The van der Waals surface area contributed by atoms with E-state index in [2.05, 4.69) is 28.5 Å². The van der Waals surface area contributed by atoms with Crippen molar-refractivity contribution in [2.24, 2.45) is 0 Å². The Kier molecular flexibility index (Phi) is 6.46. The van der Waals surface area contributed by atoms with Crippen LogP contribution in [0, 0.1) is 23.5 Å². The molecule has 1 aliphatic heterocycles. The van der Waals surface area contributed by atoms with Gasteiger partial charge in [-0.05, 0) is 18.4 Å². The number of halogens is 2. The lowest BCUT2D eigenvalue weighted by molar-refractivity contribution is -0.125. The van der Waals surface area contributed by atoms with E-state index in [1.807, 2.05) is 0 Å². The molecule has 1 fully saturated rings. The minimum Gasteiger partial charge on any atom is -0.493 e. The van der Waals surface area contributed by atoms with Gasteiger partial charge in [0.05, 0.1) is 39.0 Å². The maximum atomic E-state index is 14.8. The maximum absolute atomic E-state index is 14.8. The number of nitrogens with zero attached hydrogens (tertiary/aromatic N) is 4. The first-order valence-corrected chi connectivity index (χ1v) is 10.6. The van der Waals surface area contributed by atoms with Gasteiger partial charge >= 0.3 is 0 Å². The van der Waals surface area contributed by atoms with Crippen molar-refractivity contribution in [1.29, 1.82) is 0 Å². The van der Waals surface area contributed by atoms with Crippen LogP contribution in [0.25, 0.3) is 10.9 Å². The lowest BCUT2D eigenvalue weighted by Crippen LogP contribution is -2.27. The number of nitrogen functional groups attached to an aromatic ring is 1. The van der Waals surface area contributed by atoms with E-state index in [4.69, 9.17) is 19.9 Å². The fraction of sp³-hybridized carbons (Fsp3) is 0.292. The Balaban J connectivity index is 1.89. The van der Waals surface area contributed by atoms with Crippen LogP contribution in [0.5, 0.6) is 17.2 Å². The largest absolute Gasteiger partial charge is 0.493 e. The smallest absolute Gasteiger partial charge is 0.246 e. The number of fused-ring (bicyclic) bond motifs is 1. The van der Waals surface area contributed by atoms with Crippen molar-refractivity contribution in [1.82, 2.24) is 19.7 Å². The van der Waals surface area contributed by atoms with Gasteiger partial charge in [-0.25, -0.2) is 13.8 Å². The molecule has 0 spiro atoms. The second-order valence-electron chi connectivity index (χ2n) is 7.69. The molecule has 0 saturated carbocycles. The molecule has 1 unspecified atom stereocenters. The van der Waals surface area contributed by atoms with Crippen LogP contribution in [0.2, 0.25) is 0 Å². The highest BCUT2D eigenvalue weighted by Gasteiger charge is 2.30. The summed E-state index contributed by atoms with van der Waals surface area (Å²) in [5.41, 5.74) is 6.29. The number of carbonyl (C=O) groups is 1. The molecule has 1 saturated heterocycles. The molecular weight excluding hydrogens is 460 g/mol. The Morgan fingerprint density at radius 3 is 2.43 bits per heavy atom. The molecule has 1 atom stereocenters. The van der Waals surface area contributed by atoms with Crippen LogP contribution in [-0.2, 0) is 4.79 Å². The number of hydrogen-bond acceptors (Lipinski definition) is 7. The topological polar surface area (TPSA) is 105 Å². The molecular formula is C24H23F2N5O4. The number of ether oxygens (including phenoxy) is 3. The Morgan fingerprint density at radius 1 is 1.17 bits per heavy atom. The standard InChI is InChI=1S/C24H23F2N5O4/c1-5-19(32)30-9-8-13(12-30)31-23-18(35-4)11-28-24(27)20(23)15(29-31)7-6-14-21(25)16(33-2)10-17(34-3)22(14)26/h5,10-11,13H,1,8-9,12H2,2-4H3,(H2,27,28). The number of benzene rings is 1. The molecule has 3 heterocycles. The van der Waals surface area contributed by atoms with E-state index < -0.39 is 17.2 Å². The number of aromatic nitrogens is 3. The Hall–Kier alpha value is -4.33. The molecule has 4 rings (SSSR count). The van der Waals surface area contributed by atoms with Crippen molar-refractivity contribution in [2.75, 3.05) is 40.2 Å². The summed E-state index contributed by atoms with van der Waals surface area (Å²) in [6, 6.07) is 0.890. The van der Waals surface area contributed by atoms with E-state index in [0.717, 1.165) is 6.07 Å². The van der Waals surface area contributed by atoms with Crippen LogP contribution in [0.3, 0.4) is 0 Å². The zero-order valence-corrected chi connectivity index (χ0v) is 19.4. The second-order valence-corrected chi connectivity index (χ2v) is 7.69. The molecule has 1 aliphatic rings. The third kappa shape index (κ3) is 4.07. The molecule has 1 amide bonds. The average Bonchev–Trinajstić information content (AvgIpc) is 3.50. The fourth-order valence-corrected chi connectivity index (χ4v) is 4.06. The van der Waals surface area contributed by atoms with Crippen molar-refractivity contribution in [3.8, 4) is 29.1 Å². The summed E-state index contributed by atoms with van der Waals surface area (Å²) in [5, 5.41) is 4.97. The SMILES string of the molecule is C=CC(=O)N1CCC(n2nc(C#Cc3c(F)c(OC)cc(OC)c3F)c3c(N)ncc(OC)c32)C1. The number of carbonyl (C=O) groups excluding carboxylic acids is 1. The summed E-state index contributed by atoms with van der Waals surface area (Å²) < 4.78 is 46.7. The van der Waals surface area contributed by atoms with Crippen LogP contribution in [0.15, 0.2) is 24.9 Å². The van der Waals surface area contributed by atoms with Gasteiger partial charge in [-0.3, -0.25) is 9.48 Å². The number of likely N-dealkylation sites (tertiary alicyclic amines) is 1. The first kappa shape index (κ1) is 23.8. The van der Waals surface area contributed by atoms with Gasteiger partial charge in [0.2, 0.25) is 5.91 Å². The van der Waals surface area contributed by atoms with Crippen molar-refractivity contribution >= 4 is 22.6 Å². The second kappa shape index (κ2) is 9.50. The van der Waals surface area contributed by atoms with E-state index >= 15 is 0 Å². The number of anilines is 1. The summed E-state index contributed by atoms with van der Waals surface area (Å²) in [6.07, 6.45) is 3.33. The number of methoxy groups -OCH3 is 3. The highest BCUT2D eigenvalue weighted by atomic mass is 19.1. The molecule has 0 aliphatic carbocycles. The summed E-state index contributed by atoms with van der Waals surface area (Å²) in [7, 11) is 3.98. The van der Waals surface area contributed by atoms with E-state index in [9.17, 15) is 13.6 Å².